The summed E-state index contributed by atoms with van der Waals surface area (Å²) in [5, 5.41) is 7.39. The Bertz CT molecular complexity index is 662. The number of hydrogen-bond acceptors (Lipinski definition) is 4. The molecule has 17 heavy (non-hydrogen) atoms. The van der Waals surface area contributed by atoms with Crippen LogP contribution in [-0.4, -0.2) is 14.6 Å². The maximum atomic E-state index is 4.40. The number of anilines is 2. The molecule has 3 aromatic rings. The lowest BCUT2D eigenvalue weighted by atomic mass is 10.3. The third-order valence-electron chi connectivity index (χ3n) is 2.48. The van der Waals surface area contributed by atoms with E-state index in [1.807, 2.05) is 42.6 Å². The molecule has 0 aliphatic carbocycles. The van der Waals surface area contributed by atoms with Crippen molar-refractivity contribution in [3.8, 4) is 0 Å². The highest BCUT2D eigenvalue weighted by molar-refractivity contribution is 7.80. The summed E-state index contributed by atoms with van der Waals surface area (Å²) in [7, 11) is 0. The summed E-state index contributed by atoms with van der Waals surface area (Å²) >= 11 is 4.40. The molecule has 0 bridgehead atoms. The summed E-state index contributed by atoms with van der Waals surface area (Å²) < 4.78 is 1.73. The molecule has 4 nitrogen and oxygen atoms in total. The van der Waals surface area contributed by atoms with Gasteiger partial charge in [0.1, 0.15) is 6.33 Å². The van der Waals surface area contributed by atoms with Crippen molar-refractivity contribution in [3.05, 3.63) is 48.9 Å². The zero-order chi connectivity index (χ0) is 11.7. The fourth-order valence-corrected chi connectivity index (χ4v) is 1.89. The zero-order valence-corrected chi connectivity index (χ0v) is 9.80. The van der Waals surface area contributed by atoms with Gasteiger partial charge in [-0.3, -0.25) is 0 Å². The summed E-state index contributed by atoms with van der Waals surface area (Å²) in [5.74, 6) is 0. The molecule has 0 amide bonds. The van der Waals surface area contributed by atoms with E-state index >= 15 is 0 Å². The van der Waals surface area contributed by atoms with E-state index in [2.05, 4.69) is 28.0 Å². The van der Waals surface area contributed by atoms with Gasteiger partial charge in [-0.1, -0.05) is 12.1 Å². The van der Waals surface area contributed by atoms with E-state index in [1.165, 1.54) is 6.33 Å². The average Bonchev–Trinajstić information content (AvgIpc) is 2.81. The van der Waals surface area contributed by atoms with Crippen LogP contribution in [0.4, 0.5) is 11.4 Å². The number of nitrogens with one attached hydrogen (secondary N) is 1. The Kier molecular flexibility index (Phi) is 2.45. The van der Waals surface area contributed by atoms with Crippen LogP contribution in [-0.2, 0) is 0 Å². The molecular weight excluding hydrogens is 232 g/mol. The molecule has 1 aromatic carbocycles. The van der Waals surface area contributed by atoms with Crippen LogP contribution in [0.1, 0.15) is 0 Å². The number of hydrogen-bond donors (Lipinski definition) is 2. The van der Waals surface area contributed by atoms with E-state index in [1.54, 1.807) is 4.52 Å². The summed E-state index contributed by atoms with van der Waals surface area (Å²) in [6.07, 6.45) is 3.40. The molecular formula is C12H10N4S. The predicted molar refractivity (Wildman–Crippen MR) is 70.0 cm³/mol. The molecule has 2 heterocycles. The van der Waals surface area contributed by atoms with Crippen molar-refractivity contribution in [2.45, 2.75) is 4.90 Å². The third-order valence-corrected chi connectivity index (χ3v) is 2.87. The van der Waals surface area contributed by atoms with Crippen molar-refractivity contribution in [1.82, 2.24) is 14.6 Å². The number of pyridine rings is 1. The molecule has 0 aliphatic heterocycles. The first-order valence-corrected chi connectivity index (χ1v) is 5.63. The Morgan fingerprint density at radius 1 is 1.06 bits per heavy atom. The normalized spacial score (nSPS) is 10.6. The van der Waals surface area contributed by atoms with Gasteiger partial charge in [0, 0.05) is 11.1 Å². The van der Waals surface area contributed by atoms with Gasteiger partial charge >= 0.3 is 0 Å². The highest BCUT2D eigenvalue weighted by atomic mass is 32.1. The van der Waals surface area contributed by atoms with Gasteiger partial charge in [0.25, 0.3) is 0 Å². The van der Waals surface area contributed by atoms with Gasteiger partial charge in [0.2, 0.25) is 0 Å². The maximum absolute atomic E-state index is 4.40. The van der Waals surface area contributed by atoms with Gasteiger partial charge in [0.15, 0.2) is 5.65 Å². The number of benzene rings is 1. The van der Waals surface area contributed by atoms with Crippen molar-refractivity contribution in [1.29, 1.82) is 0 Å². The van der Waals surface area contributed by atoms with Gasteiger partial charge in [0.05, 0.1) is 11.4 Å². The van der Waals surface area contributed by atoms with E-state index < -0.39 is 0 Å². The van der Waals surface area contributed by atoms with Gasteiger partial charge in [-0.15, -0.1) is 12.6 Å². The van der Waals surface area contributed by atoms with Crippen molar-refractivity contribution in [3.63, 3.8) is 0 Å². The Balaban J connectivity index is 2.06. The van der Waals surface area contributed by atoms with E-state index in [0.29, 0.717) is 0 Å². The van der Waals surface area contributed by atoms with Crippen molar-refractivity contribution >= 4 is 29.7 Å². The first-order chi connectivity index (χ1) is 8.34. The standard InChI is InChI=1S/C12H10N4S/c17-11-6-2-1-4-9(11)15-10-5-3-7-16-12(10)13-8-14-16/h1-8,15,17H. The number of thiol groups is 1. The average molecular weight is 242 g/mol. The Hall–Kier alpha value is -2.01. The molecule has 0 aliphatic rings. The van der Waals surface area contributed by atoms with Crippen LogP contribution in [0, 0.1) is 0 Å². The largest absolute Gasteiger partial charge is 0.352 e. The zero-order valence-electron chi connectivity index (χ0n) is 8.91. The fraction of sp³-hybridized carbons (Fsp3) is 0. The van der Waals surface area contributed by atoms with Crippen LogP contribution in [0.5, 0.6) is 0 Å². The quantitative estimate of drug-likeness (QED) is 0.679. The lowest BCUT2D eigenvalue weighted by Crippen LogP contribution is -1.95. The van der Waals surface area contributed by atoms with E-state index in [9.17, 15) is 0 Å². The van der Waals surface area contributed by atoms with Gasteiger partial charge in [-0.05, 0) is 24.3 Å². The van der Waals surface area contributed by atoms with Gasteiger partial charge in [-0.2, -0.15) is 5.10 Å². The van der Waals surface area contributed by atoms with Crippen LogP contribution < -0.4 is 5.32 Å². The van der Waals surface area contributed by atoms with Crippen LogP contribution in [0.15, 0.2) is 53.8 Å². The molecule has 2 aromatic heterocycles. The summed E-state index contributed by atoms with van der Waals surface area (Å²) in [4.78, 5) is 5.11. The second-order valence-corrected chi connectivity index (χ2v) is 4.07. The summed E-state index contributed by atoms with van der Waals surface area (Å²) in [6.45, 7) is 0. The summed E-state index contributed by atoms with van der Waals surface area (Å²) in [6, 6.07) is 11.7. The number of aromatic nitrogens is 3. The minimum absolute atomic E-state index is 0.795. The second kappa shape index (κ2) is 4.10. The van der Waals surface area contributed by atoms with Gasteiger partial charge in [-0.25, -0.2) is 9.50 Å². The Morgan fingerprint density at radius 3 is 2.76 bits per heavy atom. The molecule has 1 N–H and O–H groups in total. The van der Waals surface area contributed by atoms with Crippen LogP contribution >= 0.6 is 12.6 Å². The maximum Gasteiger partial charge on any atom is 0.178 e. The predicted octanol–water partition coefficient (Wildman–Crippen LogP) is 2.76. The summed E-state index contributed by atoms with van der Waals surface area (Å²) in [5.41, 5.74) is 2.66. The Labute approximate surface area is 104 Å². The molecule has 84 valence electrons. The molecule has 0 atom stereocenters. The number of nitrogens with zero attached hydrogens (tertiary/aromatic N) is 3. The minimum atomic E-state index is 0.795. The monoisotopic (exact) mass is 242 g/mol. The van der Waals surface area contributed by atoms with Crippen molar-refractivity contribution in [2.75, 3.05) is 5.32 Å². The molecule has 5 heteroatoms. The molecule has 0 spiro atoms. The SMILES string of the molecule is Sc1ccccc1Nc1cccn2ncnc12. The molecule has 0 saturated heterocycles. The molecule has 0 radical (unpaired) electrons. The number of para-hydroxylation sites is 1. The first-order valence-electron chi connectivity index (χ1n) is 5.18. The minimum Gasteiger partial charge on any atom is -0.352 e. The molecule has 3 rings (SSSR count). The molecule has 0 saturated carbocycles. The number of rotatable bonds is 2. The lowest BCUT2D eigenvalue weighted by Gasteiger charge is -2.08. The highest BCUT2D eigenvalue weighted by Gasteiger charge is 2.04. The molecule has 0 fully saturated rings. The Morgan fingerprint density at radius 2 is 1.88 bits per heavy atom. The second-order valence-electron chi connectivity index (χ2n) is 3.59. The third kappa shape index (κ3) is 1.85. The lowest BCUT2D eigenvalue weighted by molar-refractivity contribution is 0.962. The van der Waals surface area contributed by atoms with Crippen molar-refractivity contribution in [2.24, 2.45) is 0 Å². The fourth-order valence-electron chi connectivity index (χ4n) is 1.67. The van der Waals surface area contributed by atoms with E-state index in [0.717, 1.165) is 21.9 Å². The smallest absolute Gasteiger partial charge is 0.178 e. The van der Waals surface area contributed by atoms with Crippen LogP contribution in [0.2, 0.25) is 0 Å². The number of fused-ring (bicyclic) bond motifs is 1. The van der Waals surface area contributed by atoms with Crippen LogP contribution in [0.25, 0.3) is 5.65 Å². The topological polar surface area (TPSA) is 42.2 Å². The van der Waals surface area contributed by atoms with E-state index in [4.69, 9.17) is 0 Å². The molecule has 0 unspecified atom stereocenters. The van der Waals surface area contributed by atoms with Gasteiger partial charge < -0.3 is 5.32 Å². The van der Waals surface area contributed by atoms with Crippen LogP contribution in [0.3, 0.4) is 0 Å². The highest BCUT2D eigenvalue weighted by Crippen LogP contribution is 2.25. The van der Waals surface area contributed by atoms with E-state index in [-0.39, 0.29) is 0 Å². The van der Waals surface area contributed by atoms with Crippen molar-refractivity contribution < 1.29 is 0 Å². The first kappa shape index (κ1) is 10.2.